The minimum atomic E-state index is 0.941. The van der Waals surface area contributed by atoms with Crippen molar-refractivity contribution < 1.29 is 0 Å². The van der Waals surface area contributed by atoms with Crippen LogP contribution in [0.3, 0.4) is 0 Å². The van der Waals surface area contributed by atoms with Crippen LogP contribution in [0.15, 0.2) is 158 Å². The van der Waals surface area contributed by atoms with Crippen molar-refractivity contribution >= 4 is 32.3 Å². The maximum absolute atomic E-state index is 4.65. The first-order valence-electron chi connectivity index (χ1n) is 14.2. The number of rotatable bonds is 4. The summed E-state index contributed by atoms with van der Waals surface area (Å²) in [6.07, 6.45) is 5.52. The minimum Gasteiger partial charge on any atom is -0.265 e. The Morgan fingerprint density at radius 1 is 0.357 bits per heavy atom. The van der Waals surface area contributed by atoms with Gasteiger partial charge >= 0.3 is 0 Å². The Morgan fingerprint density at radius 2 is 0.976 bits per heavy atom. The van der Waals surface area contributed by atoms with Crippen molar-refractivity contribution in [3.63, 3.8) is 0 Å². The predicted octanol–water partition coefficient (Wildman–Crippen LogP) is 10.6. The van der Waals surface area contributed by atoms with E-state index in [9.17, 15) is 0 Å². The van der Waals surface area contributed by atoms with Crippen molar-refractivity contribution in [2.75, 3.05) is 0 Å². The molecule has 2 heteroatoms. The number of fused-ring (bicyclic) bond motifs is 3. The van der Waals surface area contributed by atoms with Gasteiger partial charge in [-0.2, -0.15) is 0 Å². The van der Waals surface area contributed by atoms with Gasteiger partial charge in [-0.05, 0) is 96.0 Å². The molecule has 8 aromatic rings. The lowest BCUT2D eigenvalue weighted by Crippen LogP contribution is -1.91. The van der Waals surface area contributed by atoms with Crippen LogP contribution >= 0.6 is 0 Å². The third kappa shape index (κ3) is 4.05. The number of aromatic nitrogens is 2. The summed E-state index contributed by atoms with van der Waals surface area (Å²) in [4.78, 5) is 8.82. The van der Waals surface area contributed by atoms with Gasteiger partial charge in [0.1, 0.15) is 0 Å². The number of nitrogens with zero attached hydrogens (tertiary/aromatic N) is 2. The van der Waals surface area contributed by atoms with Gasteiger partial charge in [-0.3, -0.25) is 9.97 Å². The van der Waals surface area contributed by atoms with Crippen LogP contribution in [0.4, 0.5) is 0 Å². The van der Waals surface area contributed by atoms with Crippen molar-refractivity contribution in [3.8, 4) is 44.6 Å². The summed E-state index contributed by atoms with van der Waals surface area (Å²) < 4.78 is 0. The molecule has 0 aliphatic carbocycles. The molecule has 0 spiro atoms. The van der Waals surface area contributed by atoms with E-state index >= 15 is 0 Å². The summed E-state index contributed by atoms with van der Waals surface area (Å²) in [6.45, 7) is 0. The second-order valence-electron chi connectivity index (χ2n) is 10.6. The molecule has 0 N–H and O–H groups in total. The van der Waals surface area contributed by atoms with Crippen LogP contribution in [0.1, 0.15) is 0 Å². The molecule has 6 aromatic carbocycles. The molecule has 0 amide bonds. The molecular formula is C40H26N2. The average Bonchev–Trinajstić information content (AvgIpc) is 3.07. The fourth-order valence-electron chi connectivity index (χ4n) is 6.31. The van der Waals surface area contributed by atoms with E-state index in [0.29, 0.717) is 0 Å². The molecule has 0 saturated carbocycles. The molecule has 0 aliphatic heterocycles. The number of benzene rings is 6. The Morgan fingerprint density at radius 3 is 1.67 bits per heavy atom. The zero-order chi connectivity index (χ0) is 27.9. The Kier molecular flexibility index (Phi) is 5.82. The van der Waals surface area contributed by atoms with E-state index in [1.165, 1.54) is 60.1 Å². The minimum absolute atomic E-state index is 0.941. The second kappa shape index (κ2) is 10.1. The number of hydrogen-bond acceptors (Lipinski definition) is 2. The van der Waals surface area contributed by atoms with Crippen molar-refractivity contribution in [2.45, 2.75) is 0 Å². The molecular weight excluding hydrogens is 508 g/mol. The SMILES string of the molecule is c1ccc(-c2c3ccccc3c(-c3ccc4cccc(-c5ccnc(-c6ccncc6)c5)c4c3)c3ccccc23)cc1. The van der Waals surface area contributed by atoms with Crippen molar-refractivity contribution in [1.82, 2.24) is 9.97 Å². The molecule has 2 nitrogen and oxygen atoms in total. The van der Waals surface area contributed by atoms with E-state index in [2.05, 4.69) is 137 Å². The lowest BCUT2D eigenvalue weighted by molar-refractivity contribution is 1.29. The number of pyridine rings is 2. The molecule has 0 saturated heterocycles. The topological polar surface area (TPSA) is 25.8 Å². The van der Waals surface area contributed by atoms with E-state index < -0.39 is 0 Å². The van der Waals surface area contributed by atoms with Crippen LogP contribution in [0.25, 0.3) is 77.0 Å². The summed E-state index contributed by atoms with van der Waals surface area (Å²) in [5, 5.41) is 7.49. The van der Waals surface area contributed by atoms with E-state index in [0.717, 1.165) is 16.8 Å². The maximum Gasteiger partial charge on any atom is 0.0709 e. The van der Waals surface area contributed by atoms with E-state index in [-0.39, 0.29) is 0 Å². The summed E-state index contributed by atoms with van der Waals surface area (Å²) in [5.74, 6) is 0. The third-order valence-electron chi connectivity index (χ3n) is 8.21. The smallest absolute Gasteiger partial charge is 0.0709 e. The molecule has 2 aromatic heterocycles. The van der Waals surface area contributed by atoms with Gasteiger partial charge in [0.2, 0.25) is 0 Å². The van der Waals surface area contributed by atoms with Gasteiger partial charge in [0.05, 0.1) is 5.69 Å². The molecule has 0 radical (unpaired) electrons. The molecule has 0 fully saturated rings. The van der Waals surface area contributed by atoms with E-state index in [4.69, 9.17) is 0 Å². The van der Waals surface area contributed by atoms with Crippen LogP contribution in [0.2, 0.25) is 0 Å². The molecule has 0 bridgehead atoms. The standard InChI is InChI=1S/C40H26N2/c1-2-9-29(10-3-1)39-33-12-4-6-14-35(33)40(36-15-7-5-13-34(36)39)31-18-17-27-11-8-16-32(37(27)25-31)30-21-24-42-38(26-30)28-19-22-41-23-20-28/h1-26H. The maximum atomic E-state index is 4.65. The monoisotopic (exact) mass is 534 g/mol. The van der Waals surface area contributed by atoms with Gasteiger partial charge in [-0.1, -0.05) is 109 Å². The number of hydrogen-bond donors (Lipinski definition) is 0. The van der Waals surface area contributed by atoms with Gasteiger partial charge in [0, 0.05) is 24.2 Å². The van der Waals surface area contributed by atoms with Crippen LogP contribution < -0.4 is 0 Å². The molecule has 0 aliphatic rings. The summed E-state index contributed by atoms with van der Waals surface area (Å²) in [5.41, 5.74) is 9.35. The average molecular weight is 535 g/mol. The molecule has 8 rings (SSSR count). The first-order valence-corrected chi connectivity index (χ1v) is 14.2. The van der Waals surface area contributed by atoms with E-state index in [1.807, 2.05) is 30.7 Å². The summed E-state index contributed by atoms with van der Waals surface area (Å²) in [7, 11) is 0. The Bertz CT molecular complexity index is 2180. The molecule has 2 heterocycles. The van der Waals surface area contributed by atoms with Crippen molar-refractivity contribution in [3.05, 3.63) is 158 Å². The largest absolute Gasteiger partial charge is 0.265 e. The van der Waals surface area contributed by atoms with Gasteiger partial charge in [-0.15, -0.1) is 0 Å². The zero-order valence-corrected chi connectivity index (χ0v) is 22.9. The van der Waals surface area contributed by atoms with Gasteiger partial charge in [0.25, 0.3) is 0 Å². The van der Waals surface area contributed by atoms with Crippen molar-refractivity contribution in [2.24, 2.45) is 0 Å². The van der Waals surface area contributed by atoms with Crippen LogP contribution in [-0.2, 0) is 0 Å². The van der Waals surface area contributed by atoms with Gasteiger partial charge < -0.3 is 0 Å². The van der Waals surface area contributed by atoms with Crippen LogP contribution in [-0.4, -0.2) is 9.97 Å². The predicted molar refractivity (Wildman–Crippen MR) is 176 cm³/mol. The highest BCUT2D eigenvalue weighted by Gasteiger charge is 2.17. The Hall–Kier alpha value is -5.60. The zero-order valence-electron chi connectivity index (χ0n) is 22.9. The second-order valence-corrected chi connectivity index (χ2v) is 10.6. The molecule has 196 valence electrons. The molecule has 0 unspecified atom stereocenters. The highest BCUT2D eigenvalue weighted by atomic mass is 14.7. The highest BCUT2D eigenvalue weighted by molar-refractivity contribution is 6.21. The molecule has 42 heavy (non-hydrogen) atoms. The fourth-order valence-corrected chi connectivity index (χ4v) is 6.31. The fraction of sp³-hybridized carbons (Fsp3) is 0. The van der Waals surface area contributed by atoms with Gasteiger partial charge in [0.15, 0.2) is 0 Å². The van der Waals surface area contributed by atoms with Gasteiger partial charge in [-0.25, -0.2) is 0 Å². The summed E-state index contributed by atoms with van der Waals surface area (Å²) >= 11 is 0. The molecule has 0 atom stereocenters. The highest BCUT2D eigenvalue weighted by Crippen LogP contribution is 2.44. The van der Waals surface area contributed by atoms with E-state index in [1.54, 1.807) is 0 Å². The quantitative estimate of drug-likeness (QED) is 0.210. The Balaban J connectivity index is 1.39. The third-order valence-corrected chi connectivity index (χ3v) is 8.21. The van der Waals surface area contributed by atoms with Crippen LogP contribution in [0.5, 0.6) is 0 Å². The first-order chi connectivity index (χ1) is 20.8. The lowest BCUT2D eigenvalue weighted by atomic mass is 9.85. The normalized spacial score (nSPS) is 11.3. The van der Waals surface area contributed by atoms with Crippen molar-refractivity contribution in [1.29, 1.82) is 0 Å². The Labute approximate surface area is 244 Å². The first kappa shape index (κ1) is 24.2. The van der Waals surface area contributed by atoms with Crippen LogP contribution in [0, 0.1) is 0 Å². The summed E-state index contributed by atoms with van der Waals surface area (Å²) in [6, 6.07) is 50.2. The lowest BCUT2D eigenvalue weighted by Gasteiger charge is -2.18.